The topological polar surface area (TPSA) is 24.9 Å². The van der Waals surface area contributed by atoms with E-state index in [1.54, 1.807) is 11.3 Å². The Balaban J connectivity index is 2.46. The Morgan fingerprint density at radius 2 is 2.33 bits per heavy atom. The van der Waals surface area contributed by atoms with E-state index in [1.165, 1.54) is 9.71 Å². The Hall–Kier alpha value is -0.450. The first-order valence-electron chi connectivity index (χ1n) is 4.98. The fourth-order valence-electron chi connectivity index (χ4n) is 1.57. The van der Waals surface area contributed by atoms with Crippen LogP contribution in [0.5, 0.6) is 0 Å². The fourth-order valence-corrected chi connectivity index (χ4v) is 3.06. The molecule has 2 rings (SSSR count). The quantitative estimate of drug-likeness (QED) is 0.929. The van der Waals surface area contributed by atoms with Crippen molar-refractivity contribution in [3.05, 3.63) is 27.7 Å². The molecule has 15 heavy (non-hydrogen) atoms. The first-order chi connectivity index (χ1) is 7.24. The summed E-state index contributed by atoms with van der Waals surface area (Å²) in [5.74, 6) is 0. The molecule has 1 aromatic carbocycles. The number of nitrogens with one attached hydrogen (secondary N) is 1. The van der Waals surface area contributed by atoms with Crippen molar-refractivity contribution in [2.75, 3.05) is 7.05 Å². The zero-order valence-electron chi connectivity index (χ0n) is 8.75. The van der Waals surface area contributed by atoms with E-state index in [0.29, 0.717) is 6.04 Å². The summed E-state index contributed by atoms with van der Waals surface area (Å²) >= 11 is 5.23. The number of halogens is 1. The van der Waals surface area contributed by atoms with Crippen LogP contribution in [0, 0.1) is 0 Å². The molecule has 0 bridgehead atoms. The highest BCUT2D eigenvalue weighted by Gasteiger charge is 2.12. The summed E-state index contributed by atoms with van der Waals surface area (Å²) in [6.07, 6.45) is 1.07. The van der Waals surface area contributed by atoms with Gasteiger partial charge in [-0.3, -0.25) is 0 Å². The van der Waals surface area contributed by atoms with Gasteiger partial charge in [0.05, 0.1) is 16.3 Å². The summed E-state index contributed by atoms with van der Waals surface area (Å²) in [5, 5.41) is 4.45. The molecule has 0 spiro atoms. The molecule has 1 atom stereocenters. The summed E-state index contributed by atoms with van der Waals surface area (Å²) in [6, 6.07) is 6.62. The standard InChI is InChI=1S/C11H13BrN2S/c1-3-8(13-2)11-14-9-6-7(12)4-5-10(9)15-11/h4-6,8,13H,3H2,1-2H3. The SMILES string of the molecule is CCC(NC)c1nc2cc(Br)ccc2s1. The third-order valence-corrected chi connectivity index (χ3v) is 4.06. The lowest BCUT2D eigenvalue weighted by Gasteiger charge is -2.08. The maximum Gasteiger partial charge on any atom is 0.111 e. The van der Waals surface area contributed by atoms with Crippen molar-refractivity contribution in [2.45, 2.75) is 19.4 Å². The van der Waals surface area contributed by atoms with E-state index in [2.05, 4.69) is 51.4 Å². The van der Waals surface area contributed by atoms with Gasteiger partial charge in [0, 0.05) is 4.47 Å². The minimum absolute atomic E-state index is 0.376. The molecule has 1 unspecified atom stereocenters. The molecule has 0 aliphatic rings. The fraction of sp³-hybridized carbons (Fsp3) is 0.364. The first-order valence-corrected chi connectivity index (χ1v) is 6.58. The Labute approximate surface area is 102 Å². The van der Waals surface area contributed by atoms with E-state index >= 15 is 0 Å². The van der Waals surface area contributed by atoms with Crippen molar-refractivity contribution in [1.82, 2.24) is 10.3 Å². The minimum Gasteiger partial charge on any atom is -0.311 e. The third-order valence-electron chi connectivity index (χ3n) is 2.42. The van der Waals surface area contributed by atoms with Crippen LogP contribution in [0.3, 0.4) is 0 Å². The predicted octanol–water partition coefficient (Wildman–Crippen LogP) is 3.73. The summed E-state index contributed by atoms with van der Waals surface area (Å²) in [5.41, 5.74) is 1.08. The molecule has 1 N–H and O–H groups in total. The van der Waals surface area contributed by atoms with Crippen molar-refractivity contribution in [3.63, 3.8) is 0 Å². The number of nitrogens with zero attached hydrogens (tertiary/aromatic N) is 1. The monoisotopic (exact) mass is 284 g/mol. The number of aromatic nitrogens is 1. The molecule has 80 valence electrons. The van der Waals surface area contributed by atoms with Crippen LogP contribution in [0.2, 0.25) is 0 Å². The van der Waals surface area contributed by atoms with Crippen molar-refractivity contribution < 1.29 is 0 Å². The van der Waals surface area contributed by atoms with Gasteiger partial charge in [-0.2, -0.15) is 0 Å². The number of rotatable bonds is 3. The lowest BCUT2D eigenvalue weighted by molar-refractivity contribution is 0.574. The first kappa shape index (κ1) is 11.0. The van der Waals surface area contributed by atoms with Crippen molar-refractivity contribution >= 4 is 37.5 Å². The highest BCUT2D eigenvalue weighted by Crippen LogP contribution is 2.29. The van der Waals surface area contributed by atoms with E-state index in [4.69, 9.17) is 0 Å². The molecule has 1 aromatic heterocycles. The predicted molar refractivity (Wildman–Crippen MR) is 69.4 cm³/mol. The van der Waals surface area contributed by atoms with Gasteiger partial charge < -0.3 is 5.32 Å². The minimum atomic E-state index is 0.376. The average Bonchev–Trinajstić information content (AvgIpc) is 2.62. The lowest BCUT2D eigenvalue weighted by Crippen LogP contribution is -2.14. The van der Waals surface area contributed by atoms with Gasteiger partial charge in [0.15, 0.2) is 0 Å². The zero-order valence-corrected chi connectivity index (χ0v) is 11.2. The van der Waals surface area contributed by atoms with Gasteiger partial charge in [-0.1, -0.05) is 22.9 Å². The highest BCUT2D eigenvalue weighted by atomic mass is 79.9. The molecule has 1 heterocycles. The molecule has 0 saturated carbocycles. The average molecular weight is 285 g/mol. The summed E-state index contributed by atoms with van der Waals surface area (Å²) < 4.78 is 2.34. The van der Waals surface area contributed by atoms with Crippen LogP contribution in [0.4, 0.5) is 0 Å². The van der Waals surface area contributed by atoms with Crippen LogP contribution in [-0.2, 0) is 0 Å². The summed E-state index contributed by atoms with van der Waals surface area (Å²) in [6.45, 7) is 2.17. The van der Waals surface area contributed by atoms with E-state index in [9.17, 15) is 0 Å². The molecular formula is C11H13BrN2S. The Morgan fingerprint density at radius 3 is 3.00 bits per heavy atom. The van der Waals surface area contributed by atoms with Crippen LogP contribution in [0.1, 0.15) is 24.4 Å². The maximum absolute atomic E-state index is 4.64. The van der Waals surface area contributed by atoms with Crippen LogP contribution in [0.15, 0.2) is 22.7 Å². The zero-order chi connectivity index (χ0) is 10.8. The molecule has 4 heteroatoms. The molecule has 0 aliphatic heterocycles. The second kappa shape index (κ2) is 4.60. The van der Waals surface area contributed by atoms with Gasteiger partial charge in [-0.25, -0.2) is 4.98 Å². The van der Waals surface area contributed by atoms with Crippen LogP contribution < -0.4 is 5.32 Å². The van der Waals surface area contributed by atoms with E-state index in [0.717, 1.165) is 16.4 Å². The van der Waals surface area contributed by atoms with Gasteiger partial charge in [0.2, 0.25) is 0 Å². The van der Waals surface area contributed by atoms with E-state index in [-0.39, 0.29) is 0 Å². The Morgan fingerprint density at radius 1 is 1.53 bits per heavy atom. The molecule has 2 aromatic rings. The number of benzene rings is 1. The summed E-state index contributed by atoms with van der Waals surface area (Å²) in [4.78, 5) is 4.64. The van der Waals surface area contributed by atoms with Gasteiger partial charge >= 0.3 is 0 Å². The Kier molecular flexibility index (Phi) is 3.38. The molecule has 0 amide bonds. The molecule has 2 nitrogen and oxygen atoms in total. The number of thiazole rings is 1. The molecule has 0 radical (unpaired) electrons. The van der Waals surface area contributed by atoms with Crippen LogP contribution in [0.25, 0.3) is 10.2 Å². The number of hydrogen-bond donors (Lipinski definition) is 1. The second-order valence-electron chi connectivity index (χ2n) is 3.41. The number of fused-ring (bicyclic) bond motifs is 1. The number of hydrogen-bond acceptors (Lipinski definition) is 3. The van der Waals surface area contributed by atoms with Gasteiger partial charge in [-0.05, 0) is 31.7 Å². The van der Waals surface area contributed by atoms with Crippen molar-refractivity contribution in [1.29, 1.82) is 0 Å². The molecular weight excluding hydrogens is 272 g/mol. The van der Waals surface area contributed by atoms with Gasteiger partial charge in [-0.15, -0.1) is 11.3 Å². The molecule has 0 saturated heterocycles. The summed E-state index contributed by atoms with van der Waals surface area (Å²) in [7, 11) is 1.98. The maximum atomic E-state index is 4.64. The van der Waals surface area contributed by atoms with Crippen LogP contribution >= 0.6 is 27.3 Å². The van der Waals surface area contributed by atoms with Gasteiger partial charge in [0.25, 0.3) is 0 Å². The van der Waals surface area contributed by atoms with Crippen molar-refractivity contribution in [3.8, 4) is 0 Å². The normalized spacial score (nSPS) is 13.3. The smallest absolute Gasteiger partial charge is 0.111 e. The third kappa shape index (κ3) is 2.22. The van der Waals surface area contributed by atoms with E-state index < -0.39 is 0 Å². The lowest BCUT2D eigenvalue weighted by atomic mass is 10.2. The highest BCUT2D eigenvalue weighted by molar-refractivity contribution is 9.10. The largest absolute Gasteiger partial charge is 0.311 e. The van der Waals surface area contributed by atoms with Gasteiger partial charge in [0.1, 0.15) is 5.01 Å². The van der Waals surface area contributed by atoms with Crippen molar-refractivity contribution in [2.24, 2.45) is 0 Å². The molecule has 0 aliphatic carbocycles. The Bertz CT molecular complexity index is 463. The van der Waals surface area contributed by atoms with E-state index in [1.807, 2.05) is 7.05 Å². The second-order valence-corrected chi connectivity index (χ2v) is 5.39. The molecule has 0 fully saturated rings. The van der Waals surface area contributed by atoms with Crippen LogP contribution in [-0.4, -0.2) is 12.0 Å².